The first-order valence-electron chi connectivity index (χ1n) is 14.3. The number of ether oxygens (including phenoxy) is 3. The van der Waals surface area contributed by atoms with Crippen molar-refractivity contribution in [1.29, 1.82) is 0 Å². The summed E-state index contributed by atoms with van der Waals surface area (Å²) in [5, 5.41) is 29.6. The number of Topliss-reactive ketones (excluding diaryl/α,β-unsaturated/α-hetero) is 1. The molecule has 8 atom stereocenters. The quantitative estimate of drug-likeness (QED) is 0.345. The molecule has 2 saturated carbocycles. The molecule has 5 rings (SSSR count). The van der Waals surface area contributed by atoms with Crippen LogP contribution in [0, 0.1) is 16.7 Å². The summed E-state index contributed by atoms with van der Waals surface area (Å²) in [5.74, 6) is -1.38. The molecule has 228 valence electrons. The Morgan fingerprint density at radius 3 is 2.50 bits per heavy atom. The zero-order chi connectivity index (χ0) is 30.9. The van der Waals surface area contributed by atoms with Gasteiger partial charge in [0, 0.05) is 41.3 Å². The highest BCUT2D eigenvalue weighted by Gasteiger charge is 2.81. The molecule has 0 bridgehead atoms. The number of benzene rings is 1. The van der Waals surface area contributed by atoms with Crippen LogP contribution < -0.4 is 0 Å². The van der Waals surface area contributed by atoms with Gasteiger partial charge in [0.05, 0.1) is 17.8 Å². The molecular weight excluding hydrogens is 562 g/mol. The second-order valence-corrected chi connectivity index (χ2v) is 13.8. The lowest BCUT2D eigenvalue weighted by atomic mass is 9.39. The number of carbonyl (C=O) groups excluding carboxylic acids is 2. The summed E-state index contributed by atoms with van der Waals surface area (Å²) in [6.45, 7) is 14.1. The van der Waals surface area contributed by atoms with Gasteiger partial charge < -0.3 is 28.9 Å². The van der Waals surface area contributed by atoms with Crippen LogP contribution in [0.25, 0.3) is 11.3 Å². The fourth-order valence-electron chi connectivity index (χ4n) is 8.21. The highest BCUT2D eigenvalue weighted by Crippen LogP contribution is 2.67. The highest BCUT2D eigenvalue weighted by atomic mass is 35.5. The van der Waals surface area contributed by atoms with Crippen LogP contribution in [0.15, 0.2) is 47.5 Å². The lowest BCUT2D eigenvalue weighted by molar-refractivity contribution is -0.373. The Hall–Kier alpha value is -2.56. The smallest absolute Gasteiger partial charge is 0.303 e. The van der Waals surface area contributed by atoms with Crippen LogP contribution in [-0.2, 0) is 30.4 Å². The largest absolute Gasteiger partial charge is 0.457 e. The summed E-state index contributed by atoms with van der Waals surface area (Å²) in [6.07, 6.45) is -0.815. The molecule has 42 heavy (non-hydrogen) atoms. The first-order chi connectivity index (χ1) is 19.5. The van der Waals surface area contributed by atoms with Crippen molar-refractivity contribution in [3.63, 3.8) is 0 Å². The number of aromatic nitrogens is 1. The third-order valence-electron chi connectivity index (χ3n) is 10.1. The van der Waals surface area contributed by atoms with Crippen LogP contribution >= 0.6 is 11.6 Å². The number of carbonyl (C=O) groups is 2. The van der Waals surface area contributed by atoms with Crippen LogP contribution in [-0.4, -0.2) is 62.2 Å². The zero-order valence-electron chi connectivity index (χ0n) is 25.0. The summed E-state index contributed by atoms with van der Waals surface area (Å²) < 4.78 is 24.3. The molecule has 3 fully saturated rings. The maximum Gasteiger partial charge on any atom is 0.303 e. The Balaban J connectivity index is 1.56. The molecule has 0 radical (unpaired) electrons. The Labute approximate surface area is 251 Å². The molecule has 1 aromatic carbocycles. The van der Waals surface area contributed by atoms with Crippen molar-refractivity contribution in [1.82, 2.24) is 5.16 Å². The predicted octanol–water partition coefficient (Wildman–Crippen LogP) is 5.05. The molecule has 0 spiro atoms. The first kappa shape index (κ1) is 30.9. The normalized spacial score (nSPS) is 39.2. The van der Waals surface area contributed by atoms with E-state index < -0.39 is 63.6 Å². The fraction of sp³-hybridized carbons (Fsp3) is 0.594. The van der Waals surface area contributed by atoms with Gasteiger partial charge in [-0.2, -0.15) is 0 Å². The number of aliphatic hydroxyl groups excluding tert-OH is 1. The molecule has 2 aliphatic carbocycles. The van der Waals surface area contributed by atoms with Crippen molar-refractivity contribution in [2.45, 2.75) is 103 Å². The minimum Gasteiger partial charge on any atom is -0.457 e. The molecule has 2 N–H and O–H groups in total. The maximum absolute atomic E-state index is 14.2. The van der Waals surface area contributed by atoms with Gasteiger partial charge in [0.25, 0.3) is 0 Å². The topological polar surface area (TPSA) is 128 Å². The number of hydrogen-bond acceptors (Lipinski definition) is 9. The van der Waals surface area contributed by atoms with E-state index in [1.165, 1.54) is 19.9 Å². The number of hydrogen-bond donors (Lipinski definition) is 2. The fourth-order valence-corrected chi connectivity index (χ4v) is 8.34. The number of esters is 1. The van der Waals surface area contributed by atoms with Crippen molar-refractivity contribution in [2.24, 2.45) is 16.7 Å². The van der Waals surface area contributed by atoms with Crippen molar-refractivity contribution < 1.29 is 38.5 Å². The average Bonchev–Trinajstić information content (AvgIpc) is 3.38. The lowest BCUT2D eigenvalue weighted by Crippen LogP contribution is -2.86. The van der Waals surface area contributed by atoms with Gasteiger partial charge in [-0.3, -0.25) is 9.59 Å². The predicted molar refractivity (Wildman–Crippen MR) is 154 cm³/mol. The second kappa shape index (κ2) is 10.3. The van der Waals surface area contributed by atoms with Crippen LogP contribution in [0.1, 0.15) is 66.6 Å². The van der Waals surface area contributed by atoms with E-state index in [-0.39, 0.29) is 13.0 Å². The monoisotopic (exact) mass is 601 g/mol. The van der Waals surface area contributed by atoms with E-state index in [1.807, 2.05) is 26.0 Å². The van der Waals surface area contributed by atoms with E-state index in [0.717, 1.165) is 5.56 Å². The molecule has 3 aliphatic rings. The molecule has 2 heterocycles. The zero-order valence-corrected chi connectivity index (χ0v) is 25.7. The molecule has 2 aromatic rings. The number of ketones is 1. The van der Waals surface area contributed by atoms with E-state index in [9.17, 15) is 19.8 Å². The van der Waals surface area contributed by atoms with Crippen molar-refractivity contribution in [3.8, 4) is 11.3 Å². The Bertz CT molecular complexity index is 1390. The SMILES string of the molecule is C=C[C@@]1(C)CC(=O)[C@]2(O)[C@@]3(C)[C@@H](OCc4cc(-c5ccc(Cl)cc5)no4)CCC(C)(C)[C@@H]3[C@H](O)[C@H](OC(C)=O)[C@@]2(C)O1. The van der Waals surface area contributed by atoms with Crippen LogP contribution in [0.3, 0.4) is 0 Å². The lowest BCUT2D eigenvalue weighted by Gasteiger charge is -2.71. The summed E-state index contributed by atoms with van der Waals surface area (Å²) in [4.78, 5) is 26.6. The molecule has 0 unspecified atom stereocenters. The molecule has 0 amide bonds. The van der Waals surface area contributed by atoms with Gasteiger partial charge in [-0.15, -0.1) is 6.58 Å². The average molecular weight is 602 g/mol. The Kier molecular flexibility index (Phi) is 7.55. The van der Waals surface area contributed by atoms with Crippen molar-refractivity contribution in [2.75, 3.05) is 0 Å². The van der Waals surface area contributed by atoms with E-state index >= 15 is 0 Å². The van der Waals surface area contributed by atoms with Gasteiger partial charge in [0.15, 0.2) is 23.2 Å². The van der Waals surface area contributed by atoms with Crippen LogP contribution in [0.2, 0.25) is 5.02 Å². The van der Waals surface area contributed by atoms with Crippen LogP contribution in [0.4, 0.5) is 0 Å². The molecular formula is C32H40ClNO8. The van der Waals surface area contributed by atoms with E-state index in [2.05, 4.69) is 11.7 Å². The third-order valence-corrected chi connectivity index (χ3v) is 10.4. The minimum atomic E-state index is -2.19. The number of nitrogens with zero attached hydrogens (tertiary/aromatic N) is 1. The summed E-state index contributed by atoms with van der Waals surface area (Å²) in [7, 11) is 0. The number of rotatable bonds is 6. The molecule has 9 nitrogen and oxygen atoms in total. The summed E-state index contributed by atoms with van der Waals surface area (Å²) in [6, 6.07) is 8.98. The third kappa shape index (κ3) is 4.47. The molecule has 1 aromatic heterocycles. The van der Waals surface area contributed by atoms with Gasteiger partial charge in [0.1, 0.15) is 17.9 Å². The molecule has 1 aliphatic heterocycles. The number of fused-ring (bicyclic) bond motifs is 3. The van der Waals surface area contributed by atoms with Crippen molar-refractivity contribution >= 4 is 23.4 Å². The van der Waals surface area contributed by atoms with Gasteiger partial charge in [-0.25, -0.2) is 0 Å². The maximum atomic E-state index is 14.2. The van der Waals surface area contributed by atoms with Gasteiger partial charge in [-0.1, -0.05) is 55.7 Å². The number of aliphatic hydroxyl groups is 2. The standard InChI is InChI=1S/C32H40ClNO8/c1-8-29(5)16-23(36)32(38)30(6)24(39-17-21-15-22(34-41-21)19-9-11-20(33)12-10-19)13-14-28(3,4)26(30)25(37)27(40-18(2)35)31(32,7)42-29/h8-12,15,24-27,37-38H,1,13-14,16-17H2,2-7H3/t24-,25-,26-,27-,29-,30-,31+,32-/m0/s1. The highest BCUT2D eigenvalue weighted by molar-refractivity contribution is 6.30. The first-order valence-corrected chi connectivity index (χ1v) is 14.7. The second-order valence-electron chi connectivity index (χ2n) is 13.3. The van der Waals surface area contributed by atoms with Gasteiger partial charge in [-0.05, 0) is 44.2 Å². The Morgan fingerprint density at radius 2 is 1.88 bits per heavy atom. The van der Waals surface area contributed by atoms with Crippen molar-refractivity contribution in [3.05, 3.63) is 53.8 Å². The van der Waals surface area contributed by atoms with E-state index in [0.29, 0.717) is 29.3 Å². The Morgan fingerprint density at radius 1 is 1.21 bits per heavy atom. The molecule has 10 heteroatoms. The van der Waals surface area contributed by atoms with Gasteiger partial charge in [0.2, 0.25) is 0 Å². The number of halogens is 1. The van der Waals surface area contributed by atoms with E-state index in [1.54, 1.807) is 32.0 Å². The summed E-state index contributed by atoms with van der Waals surface area (Å²) >= 11 is 6.01. The van der Waals surface area contributed by atoms with E-state index in [4.69, 9.17) is 30.3 Å². The summed E-state index contributed by atoms with van der Waals surface area (Å²) in [5.41, 5.74) is -5.63. The van der Waals surface area contributed by atoms with Gasteiger partial charge >= 0.3 is 5.97 Å². The van der Waals surface area contributed by atoms with Crippen LogP contribution in [0.5, 0.6) is 0 Å². The minimum absolute atomic E-state index is 0.0175. The molecule has 1 saturated heterocycles.